The Labute approximate surface area is 117 Å². The Morgan fingerprint density at radius 3 is 2.80 bits per heavy atom. The van der Waals surface area contributed by atoms with Gasteiger partial charge in [0.25, 0.3) is 5.91 Å². The molecular formula is C15H17N3O2. The van der Waals surface area contributed by atoms with Crippen LogP contribution in [0.2, 0.25) is 0 Å². The molecule has 1 atom stereocenters. The van der Waals surface area contributed by atoms with Crippen molar-refractivity contribution in [3.8, 4) is 5.75 Å². The first kappa shape index (κ1) is 13.9. The van der Waals surface area contributed by atoms with Gasteiger partial charge in [0, 0.05) is 11.9 Å². The lowest BCUT2D eigenvalue weighted by molar-refractivity contribution is 0.0939. The maximum absolute atomic E-state index is 12.2. The van der Waals surface area contributed by atoms with Crippen molar-refractivity contribution < 1.29 is 9.53 Å². The number of amides is 1. The number of benzene rings is 1. The van der Waals surface area contributed by atoms with Gasteiger partial charge in [-0.25, -0.2) is 0 Å². The minimum absolute atomic E-state index is 0.200. The maximum Gasteiger partial charge on any atom is 0.254 e. The molecule has 0 bridgehead atoms. The molecule has 5 nitrogen and oxygen atoms in total. The summed E-state index contributed by atoms with van der Waals surface area (Å²) >= 11 is 0. The van der Waals surface area contributed by atoms with Gasteiger partial charge in [0.05, 0.1) is 24.4 Å². The molecule has 3 N–H and O–H groups in total. The molecule has 5 heteroatoms. The monoisotopic (exact) mass is 271 g/mol. The van der Waals surface area contributed by atoms with E-state index < -0.39 is 0 Å². The van der Waals surface area contributed by atoms with Gasteiger partial charge in [0.15, 0.2) is 0 Å². The highest BCUT2D eigenvalue weighted by atomic mass is 16.5. The Balaban J connectivity index is 2.16. The van der Waals surface area contributed by atoms with Crippen LogP contribution in [-0.2, 0) is 0 Å². The molecule has 1 aromatic carbocycles. The van der Waals surface area contributed by atoms with E-state index in [0.29, 0.717) is 17.0 Å². The second-order valence-corrected chi connectivity index (χ2v) is 4.40. The summed E-state index contributed by atoms with van der Waals surface area (Å²) in [5, 5.41) is 2.87. The zero-order valence-corrected chi connectivity index (χ0v) is 11.5. The largest absolute Gasteiger partial charge is 0.497 e. The lowest BCUT2D eigenvalue weighted by Gasteiger charge is -2.14. The van der Waals surface area contributed by atoms with E-state index in [9.17, 15) is 4.79 Å². The predicted molar refractivity (Wildman–Crippen MR) is 77.5 cm³/mol. The van der Waals surface area contributed by atoms with Crippen molar-refractivity contribution in [2.24, 2.45) is 0 Å². The van der Waals surface area contributed by atoms with Gasteiger partial charge in [0.1, 0.15) is 5.75 Å². The number of rotatable bonds is 4. The van der Waals surface area contributed by atoms with Crippen LogP contribution in [0.15, 0.2) is 42.6 Å². The Morgan fingerprint density at radius 2 is 2.15 bits per heavy atom. The minimum Gasteiger partial charge on any atom is -0.497 e. The fourth-order valence-corrected chi connectivity index (χ4v) is 1.84. The second kappa shape index (κ2) is 6.06. The molecule has 0 saturated carbocycles. The standard InChI is InChI=1S/C15H17N3O2/c1-10(14-5-3-4-8-17-14)18-15(19)12-9-11(20-2)6-7-13(12)16/h3-10H,16H2,1-2H3,(H,18,19)/t10-/m1/s1. The van der Waals surface area contributed by atoms with Gasteiger partial charge in [-0.1, -0.05) is 6.07 Å². The smallest absolute Gasteiger partial charge is 0.254 e. The summed E-state index contributed by atoms with van der Waals surface area (Å²) in [6.07, 6.45) is 1.69. The lowest BCUT2D eigenvalue weighted by Crippen LogP contribution is -2.27. The number of anilines is 1. The van der Waals surface area contributed by atoms with Crippen molar-refractivity contribution in [2.75, 3.05) is 12.8 Å². The third-order valence-electron chi connectivity index (χ3n) is 2.98. The number of carbonyl (C=O) groups is 1. The first-order chi connectivity index (χ1) is 9.61. The normalized spacial score (nSPS) is 11.7. The molecule has 0 radical (unpaired) electrons. The van der Waals surface area contributed by atoms with Gasteiger partial charge in [-0.05, 0) is 37.3 Å². The average molecular weight is 271 g/mol. The Bertz CT molecular complexity index is 599. The number of nitrogens with one attached hydrogen (secondary N) is 1. The van der Waals surface area contributed by atoms with Crippen LogP contribution in [0.1, 0.15) is 29.0 Å². The number of hydrogen-bond acceptors (Lipinski definition) is 4. The summed E-state index contributed by atoms with van der Waals surface area (Å²) in [6, 6.07) is 10.4. The van der Waals surface area contributed by atoms with E-state index in [2.05, 4.69) is 10.3 Å². The SMILES string of the molecule is COc1ccc(N)c(C(=O)N[C@H](C)c2ccccn2)c1. The topological polar surface area (TPSA) is 77.2 Å². The van der Waals surface area contributed by atoms with Crippen molar-refractivity contribution >= 4 is 11.6 Å². The molecule has 1 aromatic heterocycles. The van der Waals surface area contributed by atoms with E-state index in [1.54, 1.807) is 31.5 Å². The molecule has 0 saturated heterocycles. The van der Waals surface area contributed by atoms with Gasteiger partial charge >= 0.3 is 0 Å². The van der Waals surface area contributed by atoms with Crippen LogP contribution >= 0.6 is 0 Å². The molecule has 0 aliphatic carbocycles. The molecular weight excluding hydrogens is 254 g/mol. The number of nitrogens with two attached hydrogens (primary N) is 1. The molecule has 2 rings (SSSR count). The number of nitrogens with zero attached hydrogens (tertiary/aromatic N) is 1. The highest BCUT2D eigenvalue weighted by Crippen LogP contribution is 2.20. The van der Waals surface area contributed by atoms with Crippen molar-refractivity contribution in [2.45, 2.75) is 13.0 Å². The molecule has 1 heterocycles. The summed E-state index contributed by atoms with van der Waals surface area (Å²) in [7, 11) is 1.55. The molecule has 1 amide bonds. The number of aromatic nitrogens is 1. The van der Waals surface area contributed by atoms with Gasteiger partial charge in [-0.3, -0.25) is 9.78 Å². The number of methoxy groups -OCH3 is 1. The fourth-order valence-electron chi connectivity index (χ4n) is 1.84. The van der Waals surface area contributed by atoms with Gasteiger partial charge in [0.2, 0.25) is 0 Å². The van der Waals surface area contributed by atoms with E-state index in [1.807, 2.05) is 25.1 Å². The van der Waals surface area contributed by atoms with E-state index in [0.717, 1.165) is 5.69 Å². The molecule has 0 unspecified atom stereocenters. The number of carbonyl (C=O) groups excluding carboxylic acids is 1. The summed E-state index contributed by atoms with van der Waals surface area (Å²) in [6.45, 7) is 1.87. The quantitative estimate of drug-likeness (QED) is 0.835. The molecule has 20 heavy (non-hydrogen) atoms. The molecule has 2 aromatic rings. The van der Waals surface area contributed by atoms with Crippen LogP contribution in [0.3, 0.4) is 0 Å². The molecule has 0 aliphatic heterocycles. The van der Waals surface area contributed by atoms with E-state index >= 15 is 0 Å². The van der Waals surface area contributed by atoms with E-state index in [4.69, 9.17) is 10.5 Å². The second-order valence-electron chi connectivity index (χ2n) is 4.40. The molecule has 104 valence electrons. The van der Waals surface area contributed by atoms with Crippen molar-refractivity contribution in [1.82, 2.24) is 10.3 Å². The van der Waals surface area contributed by atoms with Crippen LogP contribution in [0, 0.1) is 0 Å². The van der Waals surface area contributed by atoms with E-state index in [-0.39, 0.29) is 11.9 Å². The minimum atomic E-state index is -0.250. The average Bonchev–Trinajstić information content (AvgIpc) is 2.48. The van der Waals surface area contributed by atoms with Crippen LogP contribution in [0.4, 0.5) is 5.69 Å². The molecule has 0 fully saturated rings. The summed E-state index contributed by atoms with van der Waals surface area (Å²) < 4.78 is 5.10. The van der Waals surface area contributed by atoms with Gasteiger partial charge < -0.3 is 15.8 Å². The van der Waals surface area contributed by atoms with Crippen LogP contribution in [0.5, 0.6) is 5.75 Å². The van der Waals surface area contributed by atoms with Crippen molar-refractivity contribution in [1.29, 1.82) is 0 Å². The fraction of sp³-hybridized carbons (Fsp3) is 0.200. The third kappa shape index (κ3) is 3.06. The maximum atomic E-state index is 12.2. The van der Waals surface area contributed by atoms with E-state index in [1.165, 1.54) is 0 Å². The van der Waals surface area contributed by atoms with Crippen LogP contribution < -0.4 is 15.8 Å². The molecule has 0 aliphatic rings. The molecule has 0 spiro atoms. The first-order valence-electron chi connectivity index (χ1n) is 6.27. The first-order valence-corrected chi connectivity index (χ1v) is 6.27. The summed E-state index contributed by atoms with van der Waals surface area (Å²) in [4.78, 5) is 16.5. The third-order valence-corrected chi connectivity index (χ3v) is 2.98. The van der Waals surface area contributed by atoms with Crippen molar-refractivity contribution in [3.05, 3.63) is 53.9 Å². The Kier molecular flexibility index (Phi) is 4.20. The number of nitrogen functional groups attached to an aromatic ring is 1. The highest BCUT2D eigenvalue weighted by Gasteiger charge is 2.15. The van der Waals surface area contributed by atoms with Crippen LogP contribution in [-0.4, -0.2) is 18.0 Å². The zero-order valence-electron chi connectivity index (χ0n) is 11.5. The summed E-state index contributed by atoms with van der Waals surface area (Å²) in [5.74, 6) is 0.342. The zero-order chi connectivity index (χ0) is 14.5. The van der Waals surface area contributed by atoms with Gasteiger partial charge in [-0.2, -0.15) is 0 Å². The van der Waals surface area contributed by atoms with Crippen molar-refractivity contribution in [3.63, 3.8) is 0 Å². The van der Waals surface area contributed by atoms with Gasteiger partial charge in [-0.15, -0.1) is 0 Å². The van der Waals surface area contributed by atoms with Crippen LogP contribution in [0.25, 0.3) is 0 Å². The predicted octanol–water partition coefficient (Wildman–Crippen LogP) is 2.16. The number of ether oxygens (including phenoxy) is 1. The Morgan fingerprint density at radius 1 is 1.35 bits per heavy atom. The summed E-state index contributed by atoms with van der Waals surface area (Å²) in [5.41, 5.74) is 7.43. The lowest BCUT2D eigenvalue weighted by atomic mass is 10.1. The Hall–Kier alpha value is -2.56. The highest BCUT2D eigenvalue weighted by molar-refractivity contribution is 5.99. The number of hydrogen-bond donors (Lipinski definition) is 2. The number of pyridine rings is 1.